The lowest BCUT2D eigenvalue weighted by Gasteiger charge is -2.28. The van der Waals surface area contributed by atoms with Gasteiger partial charge in [-0.1, -0.05) is 43.6 Å². The number of ether oxygens (including phenoxy) is 1. The van der Waals surface area contributed by atoms with E-state index < -0.39 is 6.04 Å². The maximum atomic E-state index is 12.9. The van der Waals surface area contributed by atoms with Crippen LogP contribution in [0.4, 0.5) is 0 Å². The Labute approximate surface area is 185 Å². The normalized spacial score (nSPS) is 11.8. The van der Waals surface area contributed by atoms with E-state index in [0.717, 1.165) is 10.0 Å². The van der Waals surface area contributed by atoms with Crippen LogP contribution < -0.4 is 10.1 Å². The van der Waals surface area contributed by atoms with Crippen LogP contribution in [0.5, 0.6) is 5.75 Å². The quantitative estimate of drug-likeness (QED) is 0.591. The highest BCUT2D eigenvalue weighted by molar-refractivity contribution is 9.10. The monoisotopic (exact) mass is 480 g/mol. The highest BCUT2D eigenvalue weighted by Gasteiger charge is 2.26. The number of hydrogen-bond donors (Lipinski definition) is 1. The van der Waals surface area contributed by atoms with Crippen LogP contribution in [0.2, 0.25) is 5.02 Å². The van der Waals surface area contributed by atoms with Crippen molar-refractivity contribution >= 4 is 39.3 Å². The number of nitrogens with zero attached hydrogens (tertiary/aromatic N) is 1. The van der Waals surface area contributed by atoms with Crippen LogP contribution in [0.25, 0.3) is 0 Å². The third kappa shape index (κ3) is 6.47. The number of rotatable bonds is 8. The molecular formula is C22H26BrClN2O3. The van der Waals surface area contributed by atoms with Crippen LogP contribution in [0.1, 0.15) is 37.8 Å². The Hall–Kier alpha value is -2.05. The van der Waals surface area contributed by atoms with Crippen molar-refractivity contribution in [1.29, 1.82) is 0 Å². The molecule has 0 bridgehead atoms. The van der Waals surface area contributed by atoms with Gasteiger partial charge in [0.2, 0.25) is 5.91 Å². The van der Waals surface area contributed by atoms with Gasteiger partial charge in [0.05, 0.1) is 4.47 Å². The number of amides is 2. The molecule has 2 aromatic rings. The van der Waals surface area contributed by atoms with Gasteiger partial charge in [-0.2, -0.15) is 0 Å². The van der Waals surface area contributed by atoms with Crippen molar-refractivity contribution in [1.82, 2.24) is 10.2 Å². The van der Waals surface area contributed by atoms with Gasteiger partial charge >= 0.3 is 0 Å². The molecule has 0 aromatic heterocycles. The summed E-state index contributed by atoms with van der Waals surface area (Å²) in [6, 6.07) is 12.4. The molecule has 1 N–H and O–H groups in total. The second kappa shape index (κ2) is 10.6. The minimum absolute atomic E-state index is 0.179. The second-order valence-corrected chi connectivity index (χ2v) is 8.37. The van der Waals surface area contributed by atoms with Gasteiger partial charge in [0.25, 0.3) is 5.91 Å². The zero-order chi connectivity index (χ0) is 21.6. The van der Waals surface area contributed by atoms with Crippen LogP contribution in [0.3, 0.4) is 0 Å². The van der Waals surface area contributed by atoms with E-state index in [0.29, 0.717) is 16.7 Å². The number of likely N-dealkylation sites (N-methyl/N-ethyl adjacent to an activating group) is 1. The van der Waals surface area contributed by atoms with E-state index >= 15 is 0 Å². The van der Waals surface area contributed by atoms with Crippen molar-refractivity contribution in [2.45, 2.75) is 39.3 Å². The minimum atomic E-state index is -0.651. The van der Waals surface area contributed by atoms with Gasteiger partial charge in [-0.05, 0) is 64.2 Å². The van der Waals surface area contributed by atoms with Crippen LogP contribution in [0.15, 0.2) is 46.9 Å². The zero-order valence-electron chi connectivity index (χ0n) is 17.0. The summed E-state index contributed by atoms with van der Waals surface area (Å²) in [4.78, 5) is 26.6. The fourth-order valence-electron chi connectivity index (χ4n) is 2.84. The maximum absolute atomic E-state index is 12.9. The SMILES string of the molecule is CNC(=O)[C@@H](C)N(Cc1cccc(Cl)c1)C(=O)COc1ccc(C(C)C)cc1Br. The van der Waals surface area contributed by atoms with E-state index in [1.54, 1.807) is 26.1 Å². The predicted octanol–water partition coefficient (Wildman–Crippen LogP) is 4.77. The third-order valence-electron chi connectivity index (χ3n) is 4.63. The number of benzene rings is 2. The lowest BCUT2D eigenvalue weighted by atomic mass is 10.0. The third-order valence-corrected chi connectivity index (χ3v) is 5.48. The molecule has 2 aromatic carbocycles. The number of hydrogen-bond acceptors (Lipinski definition) is 3. The fourth-order valence-corrected chi connectivity index (χ4v) is 3.56. The minimum Gasteiger partial charge on any atom is -0.483 e. The lowest BCUT2D eigenvalue weighted by molar-refractivity contribution is -0.142. The highest BCUT2D eigenvalue weighted by atomic mass is 79.9. The van der Waals surface area contributed by atoms with Gasteiger partial charge < -0.3 is 15.0 Å². The highest BCUT2D eigenvalue weighted by Crippen LogP contribution is 2.29. The maximum Gasteiger partial charge on any atom is 0.261 e. The largest absolute Gasteiger partial charge is 0.483 e. The molecule has 5 nitrogen and oxygen atoms in total. The fraction of sp³-hybridized carbons (Fsp3) is 0.364. The van der Waals surface area contributed by atoms with Gasteiger partial charge in [0, 0.05) is 18.6 Å². The van der Waals surface area contributed by atoms with Crippen molar-refractivity contribution in [3.8, 4) is 5.75 Å². The summed E-state index contributed by atoms with van der Waals surface area (Å²) in [6.45, 7) is 5.99. The van der Waals surface area contributed by atoms with E-state index in [-0.39, 0.29) is 25.0 Å². The van der Waals surface area contributed by atoms with Crippen molar-refractivity contribution < 1.29 is 14.3 Å². The molecule has 0 heterocycles. The van der Waals surface area contributed by atoms with Gasteiger partial charge in [0.1, 0.15) is 11.8 Å². The van der Waals surface area contributed by atoms with E-state index in [1.807, 2.05) is 30.3 Å². The first-order chi connectivity index (χ1) is 13.7. The zero-order valence-corrected chi connectivity index (χ0v) is 19.4. The second-order valence-electron chi connectivity index (χ2n) is 7.08. The first kappa shape index (κ1) is 23.2. The molecule has 156 valence electrons. The molecule has 0 saturated carbocycles. The Balaban J connectivity index is 2.15. The molecule has 0 aliphatic heterocycles. The van der Waals surface area contributed by atoms with Crippen LogP contribution in [0, 0.1) is 0 Å². The topological polar surface area (TPSA) is 58.6 Å². The molecule has 0 aliphatic rings. The van der Waals surface area contributed by atoms with Gasteiger partial charge in [-0.15, -0.1) is 0 Å². The number of carbonyl (C=O) groups excluding carboxylic acids is 2. The van der Waals surface area contributed by atoms with Crippen LogP contribution >= 0.6 is 27.5 Å². The molecule has 0 unspecified atom stereocenters. The first-order valence-corrected chi connectivity index (χ1v) is 10.6. The number of halogens is 2. The van der Waals surface area contributed by atoms with Gasteiger partial charge in [0.15, 0.2) is 6.61 Å². The summed E-state index contributed by atoms with van der Waals surface area (Å²) in [5.74, 6) is 0.436. The van der Waals surface area contributed by atoms with E-state index in [4.69, 9.17) is 16.3 Å². The summed E-state index contributed by atoms with van der Waals surface area (Å²) in [5.41, 5.74) is 2.01. The van der Waals surface area contributed by atoms with Gasteiger partial charge in [-0.25, -0.2) is 0 Å². The van der Waals surface area contributed by atoms with Crippen molar-refractivity contribution in [3.63, 3.8) is 0 Å². The lowest BCUT2D eigenvalue weighted by Crippen LogP contribution is -2.48. The molecule has 2 rings (SSSR count). The average Bonchev–Trinajstić information content (AvgIpc) is 2.69. The van der Waals surface area contributed by atoms with Crippen molar-refractivity contribution in [3.05, 3.63) is 63.1 Å². The average molecular weight is 482 g/mol. The van der Waals surface area contributed by atoms with Crippen LogP contribution in [-0.2, 0) is 16.1 Å². The first-order valence-electron chi connectivity index (χ1n) is 9.40. The molecule has 0 aliphatic carbocycles. The molecule has 0 fully saturated rings. The molecular weight excluding hydrogens is 456 g/mol. The summed E-state index contributed by atoms with van der Waals surface area (Å²) in [6.07, 6.45) is 0. The van der Waals surface area contributed by atoms with Crippen molar-refractivity contribution in [2.75, 3.05) is 13.7 Å². The number of nitrogens with one attached hydrogen (secondary N) is 1. The molecule has 1 atom stereocenters. The Kier molecular flexibility index (Phi) is 8.53. The predicted molar refractivity (Wildman–Crippen MR) is 119 cm³/mol. The number of carbonyl (C=O) groups is 2. The smallest absolute Gasteiger partial charge is 0.261 e. The van der Waals surface area contributed by atoms with E-state index in [2.05, 4.69) is 35.1 Å². The van der Waals surface area contributed by atoms with Gasteiger partial charge in [-0.3, -0.25) is 9.59 Å². The summed E-state index contributed by atoms with van der Waals surface area (Å²) in [7, 11) is 1.55. The summed E-state index contributed by atoms with van der Waals surface area (Å²) < 4.78 is 6.53. The molecule has 0 radical (unpaired) electrons. The molecule has 2 amide bonds. The standard InChI is InChI=1S/C22H26BrClN2O3/c1-14(2)17-8-9-20(19(23)11-17)29-13-21(27)26(15(3)22(28)25-4)12-16-6-5-7-18(24)10-16/h5-11,14-15H,12-13H2,1-4H3,(H,25,28)/t15-/m1/s1. The Bertz CT molecular complexity index is 873. The molecule has 0 spiro atoms. The molecule has 29 heavy (non-hydrogen) atoms. The summed E-state index contributed by atoms with van der Waals surface area (Å²) in [5, 5.41) is 3.17. The van der Waals surface area contributed by atoms with Crippen molar-refractivity contribution in [2.24, 2.45) is 0 Å². The van der Waals surface area contributed by atoms with Crippen LogP contribution in [-0.4, -0.2) is 36.4 Å². The Morgan fingerprint density at radius 1 is 1.17 bits per heavy atom. The molecule has 0 saturated heterocycles. The summed E-state index contributed by atoms with van der Waals surface area (Å²) >= 11 is 9.56. The van der Waals surface area contributed by atoms with E-state index in [1.165, 1.54) is 10.5 Å². The molecule has 7 heteroatoms. The van der Waals surface area contributed by atoms with E-state index in [9.17, 15) is 9.59 Å². The Morgan fingerprint density at radius 3 is 2.48 bits per heavy atom. The Morgan fingerprint density at radius 2 is 1.90 bits per heavy atom.